The first-order chi connectivity index (χ1) is 27.3. The first-order valence-corrected chi connectivity index (χ1v) is 18.6. The summed E-state index contributed by atoms with van der Waals surface area (Å²) in [4.78, 5) is 5.17. The number of nitrogens with zero attached hydrogens (tertiary/aromatic N) is 5. The number of furan rings is 1. The van der Waals surface area contributed by atoms with Crippen LogP contribution in [0.2, 0.25) is 0 Å². The molecule has 0 amide bonds. The lowest BCUT2D eigenvalue weighted by Crippen LogP contribution is -1.97. The third kappa shape index (κ3) is 3.79. The van der Waals surface area contributed by atoms with Crippen molar-refractivity contribution in [2.24, 2.45) is 0 Å². The lowest BCUT2D eigenvalue weighted by atomic mass is 10.1. The van der Waals surface area contributed by atoms with Crippen LogP contribution in [0.3, 0.4) is 0 Å². The minimum atomic E-state index is 0.842. The number of para-hydroxylation sites is 7. The average Bonchev–Trinajstić information content (AvgIpc) is 4.03. The topological polar surface area (TPSA) is 45.2 Å². The van der Waals surface area contributed by atoms with Crippen LogP contribution in [0, 0.1) is 0 Å². The van der Waals surface area contributed by atoms with Gasteiger partial charge in [-0.1, -0.05) is 84.9 Å². The van der Waals surface area contributed by atoms with Gasteiger partial charge in [-0.3, -0.25) is 8.97 Å². The first kappa shape index (κ1) is 28.9. The Labute approximate surface area is 312 Å². The Balaban J connectivity index is 1.07. The van der Waals surface area contributed by atoms with Gasteiger partial charge >= 0.3 is 0 Å². The van der Waals surface area contributed by atoms with Gasteiger partial charge in [-0.25, -0.2) is 4.98 Å². The molecule has 0 aliphatic heterocycles. The minimum absolute atomic E-state index is 0.842. The van der Waals surface area contributed by atoms with Crippen molar-refractivity contribution in [3.05, 3.63) is 176 Å². The summed E-state index contributed by atoms with van der Waals surface area (Å²) < 4.78 is 15.9. The number of hydrogen-bond acceptors (Lipinski definition) is 2. The van der Waals surface area contributed by atoms with Gasteiger partial charge in [0.25, 0.3) is 0 Å². The zero-order valence-corrected chi connectivity index (χ0v) is 29.4. The Kier molecular flexibility index (Phi) is 5.54. The van der Waals surface area contributed by atoms with Crippen molar-refractivity contribution in [2.45, 2.75) is 0 Å². The van der Waals surface area contributed by atoms with Gasteiger partial charge in [-0.2, -0.15) is 0 Å². The fourth-order valence-corrected chi connectivity index (χ4v) is 9.29. The molecule has 6 heteroatoms. The van der Waals surface area contributed by atoms with Crippen LogP contribution >= 0.6 is 0 Å². The Morgan fingerprint density at radius 1 is 0.364 bits per heavy atom. The molecule has 0 fully saturated rings. The van der Waals surface area contributed by atoms with Gasteiger partial charge < -0.3 is 13.6 Å². The van der Waals surface area contributed by atoms with E-state index in [2.05, 4.69) is 188 Å². The van der Waals surface area contributed by atoms with Crippen molar-refractivity contribution >= 4 is 93.4 Å². The zero-order chi connectivity index (χ0) is 35.8. The molecule has 0 bridgehead atoms. The Morgan fingerprint density at radius 3 is 1.62 bits per heavy atom. The highest BCUT2D eigenvalue weighted by molar-refractivity contribution is 6.14. The van der Waals surface area contributed by atoms with Gasteiger partial charge in [0.05, 0.1) is 55.2 Å². The standard InChI is InChI=1S/C49H29N5O/c1-5-16-38-32(12-1)33-13-2-6-17-39(33)51(38)30-24-26-41-35(28-30)34-14-3-7-18-40(34)52(41)31-25-27-46-36(29-31)48-45(22-11-23-47(48)55-46)54-44-21-10-9-20-43(44)53-42-19-8-4-15-37(42)50-49(53)54/h1-29H. The Hall–Kier alpha value is -7.57. The van der Waals surface area contributed by atoms with E-state index in [1.165, 1.54) is 32.6 Å². The van der Waals surface area contributed by atoms with Gasteiger partial charge in [0.2, 0.25) is 5.78 Å². The molecule has 5 aromatic heterocycles. The van der Waals surface area contributed by atoms with Crippen LogP contribution in [0.1, 0.15) is 0 Å². The zero-order valence-electron chi connectivity index (χ0n) is 29.4. The lowest BCUT2D eigenvalue weighted by Gasteiger charge is -2.11. The molecule has 0 aliphatic rings. The smallest absolute Gasteiger partial charge is 0.220 e. The van der Waals surface area contributed by atoms with Gasteiger partial charge in [-0.05, 0) is 91.0 Å². The monoisotopic (exact) mass is 703 g/mol. The highest BCUT2D eigenvalue weighted by Gasteiger charge is 2.22. The highest BCUT2D eigenvalue weighted by Crippen LogP contribution is 2.41. The van der Waals surface area contributed by atoms with Crippen LogP contribution < -0.4 is 0 Å². The van der Waals surface area contributed by atoms with E-state index in [9.17, 15) is 0 Å². The second kappa shape index (κ2) is 10.5. The van der Waals surface area contributed by atoms with E-state index < -0.39 is 0 Å². The molecule has 13 aromatic rings. The minimum Gasteiger partial charge on any atom is -0.456 e. The molecule has 256 valence electrons. The molecular formula is C49H29N5O. The summed E-state index contributed by atoms with van der Waals surface area (Å²) >= 11 is 0. The molecular weight excluding hydrogens is 675 g/mol. The molecule has 0 unspecified atom stereocenters. The maximum Gasteiger partial charge on any atom is 0.220 e. The van der Waals surface area contributed by atoms with Crippen LogP contribution in [0.25, 0.3) is 110 Å². The van der Waals surface area contributed by atoms with Gasteiger partial charge in [0, 0.05) is 38.3 Å². The predicted octanol–water partition coefficient (Wildman–Crippen LogP) is 12.5. The second-order valence-corrected chi connectivity index (χ2v) is 14.4. The van der Waals surface area contributed by atoms with E-state index in [1.54, 1.807) is 0 Å². The molecule has 13 rings (SSSR count). The number of benzene rings is 8. The van der Waals surface area contributed by atoms with Crippen molar-refractivity contribution in [3.8, 4) is 17.1 Å². The molecule has 0 spiro atoms. The molecule has 5 heterocycles. The van der Waals surface area contributed by atoms with Crippen LogP contribution in [0.4, 0.5) is 0 Å². The maximum atomic E-state index is 6.60. The number of imidazole rings is 2. The van der Waals surface area contributed by atoms with Crippen molar-refractivity contribution < 1.29 is 4.42 Å². The van der Waals surface area contributed by atoms with Gasteiger partial charge in [0.1, 0.15) is 11.2 Å². The number of hydrogen-bond donors (Lipinski definition) is 0. The second-order valence-electron chi connectivity index (χ2n) is 14.4. The Bertz CT molecular complexity index is 3680. The summed E-state index contributed by atoms with van der Waals surface area (Å²) in [6.07, 6.45) is 0. The first-order valence-electron chi connectivity index (χ1n) is 18.6. The summed E-state index contributed by atoms with van der Waals surface area (Å²) in [5.74, 6) is 0.877. The molecule has 0 saturated heterocycles. The summed E-state index contributed by atoms with van der Waals surface area (Å²) in [7, 11) is 0. The van der Waals surface area contributed by atoms with Crippen LogP contribution in [-0.2, 0) is 0 Å². The predicted molar refractivity (Wildman–Crippen MR) is 225 cm³/mol. The molecule has 55 heavy (non-hydrogen) atoms. The third-order valence-electron chi connectivity index (χ3n) is 11.6. The van der Waals surface area contributed by atoms with E-state index >= 15 is 0 Å². The molecule has 0 saturated carbocycles. The number of rotatable bonds is 3. The van der Waals surface area contributed by atoms with E-state index in [-0.39, 0.29) is 0 Å². The van der Waals surface area contributed by atoms with Gasteiger partial charge in [-0.15, -0.1) is 0 Å². The fourth-order valence-electron chi connectivity index (χ4n) is 9.29. The summed E-state index contributed by atoms with van der Waals surface area (Å²) in [5, 5.41) is 7.06. The van der Waals surface area contributed by atoms with E-state index in [0.29, 0.717) is 0 Å². The summed E-state index contributed by atoms with van der Waals surface area (Å²) in [6, 6.07) is 62.8. The van der Waals surface area contributed by atoms with Crippen LogP contribution in [-0.4, -0.2) is 23.1 Å². The van der Waals surface area contributed by atoms with Crippen molar-refractivity contribution in [1.82, 2.24) is 23.1 Å². The van der Waals surface area contributed by atoms with Gasteiger partial charge in [0.15, 0.2) is 0 Å². The van der Waals surface area contributed by atoms with Crippen LogP contribution in [0.5, 0.6) is 0 Å². The van der Waals surface area contributed by atoms with Crippen molar-refractivity contribution in [3.63, 3.8) is 0 Å². The number of fused-ring (bicyclic) bond motifs is 14. The average molecular weight is 704 g/mol. The SMILES string of the molecule is c1ccc2c(c1)nc1n(-c3cccc4oc5ccc(-n6c7ccccc7c7cc(-n8c9ccccc9c9ccccc98)ccc76)cc5c34)c3ccccc3n21. The lowest BCUT2D eigenvalue weighted by molar-refractivity contribution is 0.669. The summed E-state index contributed by atoms with van der Waals surface area (Å²) in [5.41, 5.74) is 13.9. The van der Waals surface area contributed by atoms with E-state index in [0.717, 1.165) is 77.9 Å². The third-order valence-corrected chi connectivity index (χ3v) is 11.6. The van der Waals surface area contributed by atoms with E-state index in [1.807, 2.05) is 6.07 Å². The molecule has 0 N–H and O–H groups in total. The molecule has 0 aliphatic carbocycles. The van der Waals surface area contributed by atoms with Crippen molar-refractivity contribution in [2.75, 3.05) is 0 Å². The molecule has 0 atom stereocenters. The Morgan fingerprint density at radius 2 is 0.909 bits per heavy atom. The quantitative estimate of drug-likeness (QED) is 0.184. The molecule has 0 radical (unpaired) electrons. The highest BCUT2D eigenvalue weighted by atomic mass is 16.3. The normalized spacial score (nSPS) is 12.4. The number of aromatic nitrogens is 5. The molecule has 6 nitrogen and oxygen atoms in total. The largest absolute Gasteiger partial charge is 0.456 e. The fraction of sp³-hybridized carbons (Fsp3) is 0. The van der Waals surface area contributed by atoms with Crippen molar-refractivity contribution in [1.29, 1.82) is 0 Å². The summed E-state index contributed by atoms with van der Waals surface area (Å²) in [6.45, 7) is 0. The maximum absolute atomic E-state index is 6.60. The van der Waals surface area contributed by atoms with E-state index in [4.69, 9.17) is 9.40 Å². The van der Waals surface area contributed by atoms with Crippen LogP contribution in [0.15, 0.2) is 180 Å². The molecule has 8 aromatic carbocycles.